The third kappa shape index (κ3) is 2.26. The molecule has 2 rings (SSSR count). The van der Waals surface area contributed by atoms with Crippen molar-refractivity contribution in [3.8, 4) is 0 Å². The smallest absolute Gasteiger partial charge is 0.198 e. The number of Topliss-reactive ketones (excluding diaryl/α,β-unsaturated/α-hetero) is 1. The molecule has 0 amide bonds. The first kappa shape index (κ1) is 10.4. The average Bonchev–Trinajstić information content (AvgIpc) is 2.86. The molecule has 0 aliphatic carbocycles. The number of hydrogen-bond acceptors (Lipinski definition) is 3. The molecular weight excluding hydrogens is 190 g/mol. The molecule has 4 nitrogen and oxygen atoms in total. The zero-order valence-corrected chi connectivity index (χ0v) is 9.07. The molecule has 1 unspecified atom stereocenters. The van der Waals surface area contributed by atoms with Crippen LogP contribution in [-0.2, 0) is 6.54 Å². The van der Waals surface area contributed by atoms with E-state index in [0.717, 1.165) is 26.1 Å². The predicted molar refractivity (Wildman–Crippen MR) is 57.8 cm³/mol. The standard InChI is InChI=1S/C11H17N3O/c1-2-14-6-5-13-11(14)10(15)7-9-3-4-12-8-9/h5-6,9,12H,2-4,7-8H2,1H3. The SMILES string of the molecule is CCn1ccnc1C(=O)CC1CCNC1. The molecule has 1 aromatic rings. The first-order valence-electron chi connectivity index (χ1n) is 5.56. The number of aromatic nitrogens is 2. The fourth-order valence-electron chi connectivity index (χ4n) is 2.06. The van der Waals surface area contributed by atoms with Crippen LogP contribution in [0.3, 0.4) is 0 Å². The number of imidazole rings is 1. The first-order chi connectivity index (χ1) is 7.31. The summed E-state index contributed by atoms with van der Waals surface area (Å²) in [6.45, 7) is 4.85. The molecule has 15 heavy (non-hydrogen) atoms. The molecule has 1 saturated heterocycles. The van der Waals surface area contributed by atoms with Gasteiger partial charge in [0.25, 0.3) is 0 Å². The molecule has 0 saturated carbocycles. The van der Waals surface area contributed by atoms with Crippen molar-refractivity contribution >= 4 is 5.78 Å². The van der Waals surface area contributed by atoms with Gasteiger partial charge in [0, 0.05) is 25.4 Å². The maximum absolute atomic E-state index is 11.9. The van der Waals surface area contributed by atoms with Crippen LogP contribution in [0.25, 0.3) is 0 Å². The van der Waals surface area contributed by atoms with Crippen LogP contribution < -0.4 is 5.32 Å². The third-order valence-electron chi connectivity index (χ3n) is 2.94. The highest BCUT2D eigenvalue weighted by Crippen LogP contribution is 2.15. The van der Waals surface area contributed by atoms with Crippen LogP contribution in [-0.4, -0.2) is 28.4 Å². The maximum Gasteiger partial charge on any atom is 0.198 e. The van der Waals surface area contributed by atoms with Gasteiger partial charge in [-0.3, -0.25) is 4.79 Å². The van der Waals surface area contributed by atoms with Gasteiger partial charge in [-0.1, -0.05) is 0 Å². The lowest BCUT2D eigenvalue weighted by atomic mass is 10.0. The summed E-state index contributed by atoms with van der Waals surface area (Å²) in [5.41, 5.74) is 0. The molecular formula is C11H17N3O. The van der Waals surface area contributed by atoms with Gasteiger partial charge in [-0.2, -0.15) is 0 Å². The van der Waals surface area contributed by atoms with Crippen LogP contribution in [0.2, 0.25) is 0 Å². The minimum atomic E-state index is 0.176. The summed E-state index contributed by atoms with van der Waals surface area (Å²) in [4.78, 5) is 16.1. The second-order valence-electron chi connectivity index (χ2n) is 4.02. The molecule has 82 valence electrons. The number of carbonyl (C=O) groups is 1. The number of ketones is 1. The zero-order chi connectivity index (χ0) is 10.7. The normalized spacial score (nSPS) is 20.7. The number of nitrogens with zero attached hydrogens (tertiary/aromatic N) is 2. The van der Waals surface area contributed by atoms with E-state index in [-0.39, 0.29) is 5.78 Å². The minimum absolute atomic E-state index is 0.176. The number of aryl methyl sites for hydroxylation is 1. The Kier molecular flexibility index (Phi) is 3.16. The number of hydrogen-bond donors (Lipinski definition) is 1. The summed E-state index contributed by atoms with van der Waals surface area (Å²) < 4.78 is 1.91. The summed E-state index contributed by atoms with van der Waals surface area (Å²) in [6, 6.07) is 0. The lowest BCUT2D eigenvalue weighted by Gasteiger charge is -2.07. The molecule has 1 N–H and O–H groups in total. The summed E-state index contributed by atoms with van der Waals surface area (Å²) >= 11 is 0. The summed E-state index contributed by atoms with van der Waals surface area (Å²) in [5.74, 6) is 1.29. The number of carbonyl (C=O) groups excluding carboxylic acids is 1. The predicted octanol–water partition coefficient (Wildman–Crippen LogP) is 1.09. The van der Waals surface area contributed by atoms with E-state index in [1.807, 2.05) is 17.7 Å². The Morgan fingerprint density at radius 2 is 2.60 bits per heavy atom. The Bertz CT molecular complexity index is 339. The highest BCUT2D eigenvalue weighted by atomic mass is 16.1. The highest BCUT2D eigenvalue weighted by molar-refractivity contribution is 5.93. The van der Waals surface area contributed by atoms with Crippen LogP contribution in [0, 0.1) is 5.92 Å². The molecule has 0 spiro atoms. The van der Waals surface area contributed by atoms with E-state index in [1.54, 1.807) is 6.20 Å². The van der Waals surface area contributed by atoms with Gasteiger partial charge >= 0.3 is 0 Å². The quantitative estimate of drug-likeness (QED) is 0.752. The lowest BCUT2D eigenvalue weighted by molar-refractivity contribution is 0.0950. The van der Waals surface area contributed by atoms with Crippen molar-refractivity contribution in [3.05, 3.63) is 18.2 Å². The summed E-state index contributed by atoms with van der Waals surface area (Å²) in [7, 11) is 0. The van der Waals surface area contributed by atoms with Crippen LogP contribution in [0.5, 0.6) is 0 Å². The maximum atomic E-state index is 11.9. The molecule has 1 fully saturated rings. The van der Waals surface area contributed by atoms with Crippen molar-refractivity contribution in [1.82, 2.24) is 14.9 Å². The number of nitrogens with one attached hydrogen (secondary N) is 1. The van der Waals surface area contributed by atoms with Gasteiger partial charge < -0.3 is 9.88 Å². The molecule has 0 aromatic carbocycles. The number of rotatable bonds is 4. The van der Waals surface area contributed by atoms with Crippen LogP contribution in [0.4, 0.5) is 0 Å². The molecule has 1 atom stereocenters. The Morgan fingerprint density at radius 3 is 3.27 bits per heavy atom. The van der Waals surface area contributed by atoms with E-state index >= 15 is 0 Å². The molecule has 2 heterocycles. The molecule has 0 bridgehead atoms. The Morgan fingerprint density at radius 1 is 1.73 bits per heavy atom. The molecule has 1 aliphatic heterocycles. The fourth-order valence-corrected chi connectivity index (χ4v) is 2.06. The van der Waals surface area contributed by atoms with Crippen molar-refractivity contribution in [3.63, 3.8) is 0 Å². The monoisotopic (exact) mass is 207 g/mol. The summed E-state index contributed by atoms with van der Waals surface area (Å²) in [6.07, 6.45) is 5.30. The van der Waals surface area contributed by atoms with E-state index in [2.05, 4.69) is 10.3 Å². The minimum Gasteiger partial charge on any atom is -0.329 e. The second kappa shape index (κ2) is 4.57. The lowest BCUT2D eigenvalue weighted by Crippen LogP contribution is -2.16. The highest BCUT2D eigenvalue weighted by Gasteiger charge is 2.21. The van der Waals surface area contributed by atoms with Gasteiger partial charge in [0.1, 0.15) is 0 Å². The molecule has 4 heteroatoms. The van der Waals surface area contributed by atoms with E-state index in [1.165, 1.54) is 0 Å². The van der Waals surface area contributed by atoms with Gasteiger partial charge in [-0.25, -0.2) is 4.98 Å². The van der Waals surface area contributed by atoms with Crippen LogP contribution >= 0.6 is 0 Å². The Hall–Kier alpha value is -1.16. The second-order valence-corrected chi connectivity index (χ2v) is 4.02. The molecule has 0 radical (unpaired) electrons. The zero-order valence-electron chi connectivity index (χ0n) is 9.07. The van der Waals surface area contributed by atoms with Gasteiger partial charge in [0.2, 0.25) is 0 Å². The summed E-state index contributed by atoms with van der Waals surface area (Å²) in [5, 5.41) is 3.27. The van der Waals surface area contributed by atoms with Gasteiger partial charge in [0.15, 0.2) is 11.6 Å². The van der Waals surface area contributed by atoms with Crippen LogP contribution in [0.15, 0.2) is 12.4 Å². The average molecular weight is 207 g/mol. The van der Waals surface area contributed by atoms with E-state index in [0.29, 0.717) is 18.2 Å². The van der Waals surface area contributed by atoms with E-state index in [4.69, 9.17) is 0 Å². The van der Waals surface area contributed by atoms with Crippen molar-refractivity contribution in [2.45, 2.75) is 26.3 Å². The van der Waals surface area contributed by atoms with Crippen LogP contribution in [0.1, 0.15) is 30.4 Å². The largest absolute Gasteiger partial charge is 0.329 e. The third-order valence-corrected chi connectivity index (χ3v) is 2.94. The topological polar surface area (TPSA) is 46.9 Å². The van der Waals surface area contributed by atoms with Gasteiger partial charge in [-0.15, -0.1) is 0 Å². The molecule has 1 aromatic heterocycles. The fraction of sp³-hybridized carbons (Fsp3) is 0.636. The van der Waals surface area contributed by atoms with Crippen molar-refractivity contribution in [2.75, 3.05) is 13.1 Å². The Labute approximate surface area is 89.7 Å². The van der Waals surface area contributed by atoms with Gasteiger partial charge in [0.05, 0.1) is 0 Å². The van der Waals surface area contributed by atoms with E-state index in [9.17, 15) is 4.79 Å². The van der Waals surface area contributed by atoms with Crippen molar-refractivity contribution in [2.24, 2.45) is 5.92 Å². The van der Waals surface area contributed by atoms with E-state index < -0.39 is 0 Å². The molecule has 1 aliphatic rings. The van der Waals surface area contributed by atoms with Crippen molar-refractivity contribution in [1.29, 1.82) is 0 Å². The van der Waals surface area contributed by atoms with Gasteiger partial charge in [-0.05, 0) is 32.4 Å². The Balaban J connectivity index is 2.00. The van der Waals surface area contributed by atoms with Crippen molar-refractivity contribution < 1.29 is 4.79 Å². The first-order valence-corrected chi connectivity index (χ1v) is 5.56.